The lowest BCUT2D eigenvalue weighted by Crippen LogP contribution is -2.60. The molecule has 3 fully saturated rings. The van der Waals surface area contributed by atoms with Crippen LogP contribution in [0.2, 0.25) is 0 Å². The van der Waals surface area contributed by atoms with E-state index in [9.17, 15) is 27.6 Å². The number of nitrogens with one attached hydrogen (secondary N) is 3. The van der Waals surface area contributed by atoms with Crippen LogP contribution in [-0.2, 0) is 46.9 Å². The highest BCUT2D eigenvalue weighted by Crippen LogP contribution is 2.45. The lowest BCUT2D eigenvalue weighted by atomic mass is 9.85. The molecule has 0 spiro atoms. The Labute approximate surface area is 270 Å². The summed E-state index contributed by atoms with van der Waals surface area (Å²) < 4.78 is 38.9. The third kappa shape index (κ3) is 7.71. The Morgan fingerprint density at radius 3 is 2.57 bits per heavy atom. The summed E-state index contributed by atoms with van der Waals surface area (Å²) in [6.07, 6.45) is 4.61. The quantitative estimate of drug-likeness (QED) is 0.387. The average Bonchev–Trinajstić information content (AvgIpc) is 3.92. The summed E-state index contributed by atoms with van der Waals surface area (Å²) >= 11 is 0. The molecule has 14 heteroatoms. The van der Waals surface area contributed by atoms with Crippen LogP contribution in [0.15, 0.2) is 30.9 Å². The lowest BCUT2D eigenvalue weighted by Gasteiger charge is -2.35. The van der Waals surface area contributed by atoms with Gasteiger partial charge in [0, 0.05) is 24.6 Å². The largest absolute Gasteiger partial charge is 0.450 e. The average molecular weight is 660 g/mol. The highest BCUT2D eigenvalue weighted by Gasteiger charge is 2.62. The predicted octanol–water partition coefficient (Wildman–Crippen LogP) is 2.10. The molecule has 2 aliphatic carbocycles. The van der Waals surface area contributed by atoms with Gasteiger partial charge >= 0.3 is 6.09 Å². The van der Waals surface area contributed by atoms with Crippen molar-refractivity contribution in [2.24, 2.45) is 11.3 Å². The Morgan fingerprint density at radius 2 is 1.89 bits per heavy atom. The maximum absolute atomic E-state index is 14.2. The second-order valence-electron chi connectivity index (χ2n) is 13.9. The van der Waals surface area contributed by atoms with Crippen molar-refractivity contribution in [3.8, 4) is 0 Å². The van der Waals surface area contributed by atoms with Crippen LogP contribution >= 0.6 is 0 Å². The highest BCUT2D eigenvalue weighted by molar-refractivity contribution is 7.91. The zero-order valence-electron chi connectivity index (χ0n) is 26.8. The molecule has 2 saturated carbocycles. The van der Waals surface area contributed by atoms with Gasteiger partial charge in [-0.3, -0.25) is 24.1 Å². The first-order valence-electron chi connectivity index (χ1n) is 16.0. The molecule has 2 aliphatic heterocycles. The number of ether oxygens (including phenoxy) is 2. The highest BCUT2D eigenvalue weighted by atomic mass is 32.2. The van der Waals surface area contributed by atoms with Gasteiger partial charge in [0.2, 0.25) is 21.8 Å². The fraction of sp³-hybridized carbons (Fsp3) is 0.656. The molecule has 1 aromatic rings. The molecule has 1 saturated heterocycles. The van der Waals surface area contributed by atoms with Crippen molar-refractivity contribution in [2.45, 2.75) is 108 Å². The standard InChI is InChI=1S/C32H45N5O8S/c1-5-20-17-32(20,29(40)36-46(42,43)24-13-14-24)35-27(38)25-16-23-18-37(25)28(39)26(31(2,3)4)34-30(41)44-15-8-6-7-10-21-11-9-12-22(33-21)19-45-23/h5,9,11-12,20,23-26H,1,6-8,10,13-19H2,2-4H3,(H,34,41)(H,35,38)(H,36,40)/t20-,23+,25-,26+,32+/m0/s1. The Morgan fingerprint density at radius 1 is 1.15 bits per heavy atom. The number of cyclic esters (lactones) is 1. The number of sulfonamides is 1. The number of amides is 4. The van der Waals surface area contributed by atoms with Gasteiger partial charge in [0.15, 0.2) is 0 Å². The zero-order chi connectivity index (χ0) is 33.3. The number of alkyl carbamates (subject to hydrolysis) is 1. The summed E-state index contributed by atoms with van der Waals surface area (Å²) in [5.74, 6) is -2.42. The van der Waals surface area contributed by atoms with Gasteiger partial charge in [-0.1, -0.05) is 32.9 Å². The number of carbonyl (C=O) groups is 4. The molecule has 4 amide bonds. The molecule has 5 atom stereocenters. The molecule has 5 rings (SSSR count). The Kier molecular flexibility index (Phi) is 9.78. The Hall–Kier alpha value is -3.52. The van der Waals surface area contributed by atoms with E-state index in [1.807, 2.05) is 18.2 Å². The fourth-order valence-electron chi connectivity index (χ4n) is 6.11. The lowest BCUT2D eigenvalue weighted by molar-refractivity contribution is -0.143. The zero-order valence-corrected chi connectivity index (χ0v) is 27.6. The van der Waals surface area contributed by atoms with E-state index < -0.39 is 74.1 Å². The second kappa shape index (κ2) is 13.3. The topological polar surface area (TPSA) is 173 Å². The van der Waals surface area contributed by atoms with E-state index in [0.29, 0.717) is 19.3 Å². The molecule has 0 radical (unpaired) electrons. The molecule has 0 unspecified atom stereocenters. The molecule has 0 aromatic carbocycles. The van der Waals surface area contributed by atoms with Gasteiger partial charge in [0.25, 0.3) is 5.91 Å². The van der Waals surface area contributed by atoms with E-state index in [2.05, 4.69) is 21.9 Å². The first-order chi connectivity index (χ1) is 21.7. The summed E-state index contributed by atoms with van der Waals surface area (Å²) in [5, 5.41) is 4.88. The van der Waals surface area contributed by atoms with E-state index >= 15 is 0 Å². The van der Waals surface area contributed by atoms with Crippen molar-refractivity contribution in [3.05, 3.63) is 42.2 Å². The summed E-state index contributed by atoms with van der Waals surface area (Å²) in [6, 6.07) is 3.64. The number of aromatic nitrogens is 1. The van der Waals surface area contributed by atoms with Crippen LogP contribution in [0.3, 0.4) is 0 Å². The van der Waals surface area contributed by atoms with Gasteiger partial charge in [-0.05, 0) is 62.5 Å². The van der Waals surface area contributed by atoms with E-state index in [1.54, 1.807) is 20.8 Å². The van der Waals surface area contributed by atoms with Crippen LogP contribution in [0.25, 0.3) is 0 Å². The molecule has 1 aromatic heterocycles. The monoisotopic (exact) mass is 659 g/mol. The van der Waals surface area contributed by atoms with Crippen molar-refractivity contribution in [1.29, 1.82) is 0 Å². The molecule has 4 bridgehead atoms. The second-order valence-corrected chi connectivity index (χ2v) is 15.8. The molecule has 252 valence electrons. The van der Waals surface area contributed by atoms with Gasteiger partial charge in [0.1, 0.15) is 17.6 Å². The molecule has 4 aliphatic rings. The number of fused-ring (bicyclic) bond motifs is 4. The van der Waals surface area contributed by atoms with Crippen LogP contribution in [0.1, 0.15) is 77.1 Å². The van der Waals surface area contributed by atoms with Crippen LogP contribution in [0, 0.1) is 11.3 Å². The number of carbonyl (C=O) groups excluding carboxylic acids is 4. The summed E-state index contributed by atoms with van der Waals surface area (Å²) in [5.41, 5.74) is -0.602. The van der Waals surface area contributed by atoms with Crippen molar-refractivity contribution >= 4 is 33.8 Å². The molecular formula is C32H45N5O8S. The van der Waals surface area contributed by atoms with Crippen LogP contribution in [-0.4, -0.2) is 84.2 Å². The van der Waals surface area contributed by atoms with Gasteiger partial charge in [-0.15, -0.1) is 6.58 Å². The minimum atomic E-state index is -3.86. The third-order valence-corrected chi connectivity index (χ3v) is 10.9. The number of hydrogen-bond donors (Lipinski definition) is 3. The summed E-state index contributed by atoms with van der Waals surface area (Å²) in [6.45, 7) is 9.58. The summed E-state index contributed by atoms with van der Waals surface area (Å²) in [7, 11) is -3.86. The van der Waals surface area contributed by atoms with Crippen LogP contribution in [0.5, 0.6) is 0 Å². The van der Waals surface area contributed by atoms with Gasteiger partial charge < -0.3 is 25.0 Å². The first kappa shape index (κ1) is 33.8. The molecule has 3 heterocycles. The van der Waals surface area contributed by atoms with Crippen LogP contribution in [0.4, 0.5) is 4.79 Å². The van der Waals surface area contributed by atoms with Crippen LogP contribution < -0.4 is 15.4 Å². The Balaban J connectivity index is 1.40. The molecular weight excluding hydrogens is 614 g/mol. The minimum absolute atomic E-state index is 0.0556. The van der Waals surface area contributed by atoms with Crippen molar-refractivity contribution in [1.82, 2.24) is 25.2 Å². The smallest absolute Gasteiger partial charge is 0.407 e. The van der Waals surface area contributed by atoms with Gasteiger partial charge in [0.05, 0.1) is 30.3 Å². The maximum Gasteiger partial charge on any atom is 0.407 e. The van der Waals surface area contributed by atoms with E-state index in [4.69, 9.17) is 14.5 Å². The normalized spacial score (nSPS) is 29.4. The summed E-state index contributed by atoms with van der Waals surface area (Å²) in [4.78, 5) is 60.4. The van der Waals surface area contributed by atoms with Crippen molar-refractivity contribution < 1.29 is 37.1 Å². The van der Waals surface area contributed by atoms with Crippen molar-refractivity contribution in [2.75, 3.05) is 13.2 Å². The number of nitrogens with zero attached hydrogens (tertiary/aromatic N) is 2. The van der Waals surface area contributed by atoms with E-state index in [0.717, 1.165) is 30.7 Å². The fourth-order valence-corrected chi connectivity index (χ4v) is 7.47. The third-order valence-electron chi connectivity index (χ3n) is 9.11. The molecule has 3 N–H and O–H groups in total. The SMILES string of the molecule is C=C[C@H]1C[C@]1(NC(=O)[C@@H]1C[C@@H]2CN1C(=O)[C@H](C(C)(C)C)NC(=O)OCCCCCc1cccc(n1)CO2)C(=O)NS(=O)(=O)C1CC1. The molecule has 46 heavy (non-hydrogen) atoms. The number of pyridine rings is 1. The number of hydrogen-bond acceptors (Lipinski definition) is 9. The number of rotatable bonds is 6. The van der Waals surface area contributed by atoms with E-state index in [-0.39, 0.29) is 32.6 Å². The Bertz CT molecular complexity index is 1470. The van der Waals surface area contributed by atoms with Gasteiger partial charge in [-0.2, -0.15) is 0 Å². The molecule has 13 nitrogen and oxygen atoms in total. The minimum Gasteiger partial charge on any atom is -0.450 e. The maximum atomic E-state index is 14.2. The predicted molar refractivity (Wildman–Crippen MR) is 167 cm³/mol. The van der Waals surface area contributed by atoms with Gasteiger partial charge in [-0.25, -0.2) is 13.2 Å². The van der Waals surface area contributed by atoms with E-state index in [1.165, 1.54) is 11.0 Å². The first-order valence-corrected chi connectivity index (χ1v) is 17.6. The van der Waals surface area contributed by atoms with Crippen molar-refractivity contribution in [3.63, 3.8) is 0 Å². The number of aryl methyl sites for hydroxylation is 1.